The zero-order valence-corrected chi connectivity index (χ0v) is 12.5. The van der Waals surface area contributed by atoms with E-state index in [-0.39, 0.29) is 6.04 Å². The zero-order chi connectivity index (χ0) is 13.1. The highest BCUT2D eigenvalue weighted by molar-refractivity contribution is 9.10. The molecule has 1 aromatic carbocycles. The quantitative estimate of drug-likeness (QED) is 0.933. The maximum Gasteiger partial charge on any atom is 0.0592 e. The van der Waals surface area contributed by atoms with Crippen molar-refractivity contribution < 1.29 is 0 Å². The first-order valence-electron chi connectivity index (χ1n) is 5.97. The Kier molecular flexibility index (Phi) is 4.15. The third-order valence-corrected chi connectivity index (χ3v) is 3.60. The number of hydrogen-bond donors (Lipinski definition) is 1. The third-order valence-electron chi connectivity index (χ3n) is 3.11. The van der Waals surface area contributed by atoms with E-state index in [4.69, 9.17) is 0 Å². The Bertz CT molecular complexity index is 535. The fourth-order valence-corrected chi connectivity index (χ4v) is 2.45. The van der Waals surface area contributed by atoms with Crippen LogP contribution in [-0.2, 0) is 0 Å². The summed E-state index contributed by atoms with van der Waals surface area (Å²) in [6, 6.07) is 10.7. The summed E-state index contributed by atoms with van der Waals surface area (Å²) in [5, 5.41) is 3.36. The van der Waals surface area contributed by atoms with Crippen LogP contribution in [0.4, 0.5) is 0 Å². The van der Waals surface area contributed by atoms with Crippen LogP contribution in [0.5, 0.6) is 0 Å². The molecule has 0 spiro atoms. The molecule has 1 aromatic heterocycles. The lowest BCUT2D eigenvalue weighted by Gasteiger charge is -2.19. The summed E-state index contributed by atoms with van der Waals surface area (Å²) >= 11 is 3.53. The normalized spacial score (nSPS) is 12.4. The first-order valence-corrected chi connectivity index (χ1v) is 6.77. The van der Waals surface area contributed by atoms with Crippen molar-refractivity contribution in [2.75, 3.05) is 7.05 Å². The van der Waals surface area contributed by atoms with Crippen LogP contribution in [0.2, 0.25) is 0 Å². The summed E-state index contributed by atoms with van der Waals surface area (Å²) in [5.74, 6) is 0. The molecule has 0 radical (unpaired) electrons. The number of benzene rings is 1. The van der Waals surface area contributed by atoms with E-state index in [1.165, 1.54) is 16.7 Å². The number of rotatable bonds is 3. The number of hydrogen-bond acceptors (Lipinski definition) is 2. The van der Waals surface area contributed by atoms with Gasteiger partial charge in [-0.1, -0.05) is 28.1 Å². The fourth-order valence-electron chi connectivity index (χ4n) is 2.07. The lowest BCUT2D eigenvalue weighted by atomic mass is 9.96. The molecule has 1 heterocycles. The minimum absolute atomic E-state index is 0.176. The molecule has 0 saturated heterocycles. The highest BCUT2D eigenvalue weighted by Crippen LogP contribution is 2.27. The van der Waals surface area contributed by atoms with Crippen LogP contribution >= 0.6 is 15.9 Å². The van der Waals surface area contributed by atoms with E-state index in [0.29, 0.717) is 0 Å². The Morgan fingerprint density at radius 3 is 2.56 bits per heavy atom. The Balaban J connectivity index is 2.44. The van der Waals surface area contributed by atoms with Gasteiger partial charge in [0.05, 0.1) is 6.04 Å². The summed E-state index contributed by atoms with van der Waals surface area (Å²) < 4.78 is 1.10. The molecular formula is C15H17BrN2. The summed E-state index contributed by atoms with van der Waals surface area (Å²) in [6.45, 7) is 4.14. The number of pyridine rings is 1. The van der Waals surface area contributed by atoms with E-state index < -0.39 is 0 Å². The van der Waals surface area contributed by atoms with Crippen LogP contribution < -0.4 is 5.32 Å². The predicted octanol–water partition coefficient (Wildman–Crippen LogP) is 3.77. The van der Waals surface area contributed by atoms with Gasteiger partial charge in [0.1, 0.15) is 0 Å². The van der Waals surface area contributed by atoms with E-state index in [1.807, 2.05) is 26.2 Å². The van der Waals surface area contributed by atoms with Crippen molar-refractivity contribution in [1.82, 2.24) is 10.3 Å². The second-order valence-electron chi connectivity index (χ2n) is 4.46. The zero-order valence-electron chi connectivity index (χ0n) is 10.9. The van der Waals surface area contributed by atoms with E-state index in [0.717, 1.165) is 10.2 Å². The van der Waals surface area contributed by atoms with Crippen LogP contribution in [0.1, 0.15) is 28.4 Å². The van der Waals surface area contributed by atoms with E-state index >= 15 is 0 Å². The number of aromatic nitrogens is 1. The minimum Gasteiger partial charge on any atom is -0.309 e. The molecule has 0 saturated carbocycles. The SMILES string of the molecule is CNC(c1ccc(C)nc1)c1cc(Br)ccc1C. The van der Waals surface area contributed by atoms with Gasteiger partial charge in [-0.2, -0.15) is 0 Å². The Hall–Kier alpha value is -1.19. The molecule has 2 rings (SSSR count). The van der Waals surface area contributed by atoms with Crippen LogP contribution in [0.15, 0.2) is 41.0 Å². The smallest absolute Gasteiger partial charge is 0.0592 e. The number of halogens is 1. The standard InChI is InChI=1S/C15H17BrN2/c1-10-4-7-13(16)8-14(10)15(17-3)12-6-5-11(2)18-9-12/h4-9,15,17H,1-3H3. The molecule has 0 bridgehead atoms. The van der Waals surface area contributed by atoms with Crippen molar-refractivity contribution in [1.29, 1.82) is 0 Å². The van der Waals surface area contributed by atoms with Gasteiger partial charge >= 0.3 is 0 Å². The number of nitrogens with one attached hydrogen (secondary N) is 1. The fraction of sp³-hybridized carbons (Fsp3) is 0.267. The molecule has 0 aliphatic heterocycles. The molecule has 0 fully saturated rings. The topological polar surface area (TPSA) is 24.9 Å². The minimum atomic E-state index is 0.176. The highest BCUT2D eigenvalue weighted by atomic mass is 79.9. The molecule has 1 atom stereocenters. The van der Waals surface area contributed by atoms with E-state index in [1.54, 1.807) is 0 Å². The van der Waals surface area contributed by atoms with E-state index in [9.17, 15) is 0 Å². The molecule has 94 valence electrons. The Labute approximate surface area is 117 Å². The highest BCUT2D eigenvalue weighted by Gasteiger charge is 2.14. The van der Waals surface area contributed by atoms with Crippen molar-refractivity contribution in [3.63, 3.8) is 0 Å². The average Bonchev–Trinajstić information content (AvgIpc) is 2.37. The van der Waals surface area contributed by atoms with Crippen LogP contribution in [0.3, 0.4) is 0 Å². The Morgan fingerprint density at radius 2 is 1.94 bits per heavy atom. The van der Waals surface area contributed by atoms with Crippen molar-refractivity contribution in [3.05, 3.63) is 63.4 Å². The van der Waals surface area contributed by atoms with Crippen LogP contribution in [0, 0.1) is 13.8 Å². The lowest BCUT2D eigenvalue weighted by molar-refractivity contribution is 0.683. The second-order valence-corrected chi connectivity index (χ2v) is 5.37. The molecule has 3 heteroatoms. The van der Waals surface area contributed by atoms with Gasteiger partial charge in [-0.05, 0) is 55.8 Å². The van der Waals surface area contributed by atoms with Crippen molar-refractivity contribution in [3.8, 4) is 0 Å². The van der Waals surface area contributed by atoms with Gasteiger partial charge in [0.2, 0.25) is 0 Å². The first-order chi connectivity index (χ1) is 8.61. The molecule has 2 nitrogen and oxygen atoms in total. The molecule has 0 aliphatic carbocycles. The van der Waals surface area contributed by atoms with Crippen molar-refractivity contribution in [2.24, 2.45) is 0 Å². The van der Waals surface area contributed by atoms with Gasteiger partial charge in [0, 0.05) is 16.4 Å². The average molecular weight is 305 g/mol. The van der Waals surface area contributed by atoms with Crippen LogP contribution in [-0.4, -0.2) is 12.0 Å². The van der Waals surface area contributed by atoms with E-state index in [2.05, 4.69) is 57.4 Å². The predicted molar refractivity (Wildman–Crippen MR) is 78.8 cm³/mol. The maximum atomic E-state index is 4.37. The molecule has 1 N–H and O–H groups in total. The van der Waals surface area contributed by atoms with Gasteiger partial charge < -0.3 is 5.32 Å². The molecule has 0 amide bonds. The third kappa shape index (κ3) is 2.79. The van der Waals surface area contributed by atoms with Gasteiger partial charge in [-0.3, -0.25) is 4.98 Å². The van der Waals surface area contributed by atoms with Crippen molar-refractivity contribution in [2.45, 2.75) is 19.9 Å². The molecular weight excluding hydrogens is 288 g/mol. The molecule has 0 aliphatic rings. The van der Waals surface area contributed by atoms with Gasteiger partial charge in [-0.15, -0.1) is 0 Å². The molecule has 1 unspecified atom stereocenters. The number of nitrogens with zero attached hydrogens (tertiary/aromatic N) is 1. The lowest BCUT2D eigenvalue weighted by Crippen LogP contribution is -2.19. The van der Waals surface area contributed by atoms with Gasteiger partial charge in [0.15, 0.2) is 0 Å². The number of aryl methyl sites for hydroxylation is 2. The molecule has 2 aromatic rings. The summed E-state index contributed by atoms with van der Waals surface area (Å²) in [5.41, 5.74) is 4.78. The van der Waals surface area contributed by atoms with Gasteiger partial charge in [-0.25, -0.2) is 0 Å². The summed E-state index contributed by atoms with van der Waals surface area (Å²) in [6.07, 6.45) is 1.94. The largest absolute Gasteiger partial charge is 0.309 e. The second kappa shape index (κ2) is 5.63. The Morgan fingerprint density at radius 1 is 1.17 bits per heavy atom. The van der Waals surface area contributed by atoms with Crippen LogP contribution in [0.25, 0.3) is 0 Å². The summed E-state index contributed by atoms with van der Waals surface area (Å²) in [7, 11) is 1.98. The van der Waals surface area contributed by atoms with Gasteiger partial charge in [0.25, 0.3) is 0 Å². The summed E-state index contributed by atoms with van der Waals surface area (Å²) in [4.78, 5) is 4.37. The first kappa shape index (κ1) is 13.2. The van der Waals surface area contributed by atoms with Crippen molar-refractivity contribution >= 4 is 15.9 Å². The maximum absolute atomic E-state index is 4.37. The molecule has 18 heavy (non-hydrogen) atoms. The monoisotopic (exact) mass is 304 g/mol.